The Labute approximate surface area is 337 Å². The van der Waals surface area contributed by atoms with E-state index in [2.05, 4.69) is 0 Å². The fourth-order valence-corrected chi connectivity index (χ4v) is 13.8. The van der Waals surface area contributed by atoms with E-state index >= 15 is 4.79 Å². The average molecular weight is 826 g/mol. The Morgan fingerprint density at radius 1 is 0.690 bits per heavy atom. The summed E-state index contributed by atoms with van der Waals surface area (Å²) in [4.78, 5) is 79.5. The molecule has 3 unspecified atom stereocenters. The zero-order chi connectivity index (χ0) is 41.5. The number of hydrogen-bond donors (Lipinski definition) is 0. The van der Waals surface area contributed by atoms with E-state index in [1.165, 1.54) is 48.2 Å². The standard InChI is InChI=1S/C42H37ClN3O11P/c1-29(57-41(49)55-26-30-15-11-13-23-35(30)45(51)52)39-37(25-38(43)47)44(40(39)48)28-58(32-17-5-2-6-18-32,33-19-7-3-8-20-33,34-21-9-4-10-22-34)42(50)56-27-31-16-12-14-24-36(31)46(53)54/h2-24,29,37,39H,25-28H2,1H3. The van der Waals surface area contributed by atoms with Crippen LogP contribution in [0.3, 0.4) is 0 Å². The Kier molecular flexibility index (Phi) is 12.3. The molecule has 1 heterocycles. The van der Waals surface area contributed by atoms with Crippen molar-refractivity contribution in [3.05, 3.63) is 171 Å². The Morgan fingerprint density at radius 2 is 1.10 bits per heavy atom. The second kappa shape index (κ2) is 17.3. The van der Waals surface area contributed by atoms with E-state index in [0.29, 0.717) is 15.9 Å². The molecule has 3 atom stereocenters. The molecule has 1 aliphatic rings. The van der Waals surface area contributed by atoms with Crippen LogP contribution in [0.5, 0.6) is 0 Å². The summed E-state index contributed by atoms with van der Waals surface area (Å²) < 4.78 is 16.9. The van der Waals surface area contributed by atoms with Crippen molar-refractivity contribution in [2.45, 2.75) is 38.7 Å². The molecule has 6 rings (SSSR count). The third-order valence-electron chi connectivity index (χ3n) is 10.4. The van der Waals surface area contributed by atoms with E-state index in [1.54, 1.807) is 103 Å². The van der Waals surface area contributed by atoms with Crippen LogP contribution < -0.4 is 15.9 Å². The van der Waals surface area contributed by atoms with Crippen molar-refractivity contribution < 1.29 is 43.2 Å². The van der Waals surface area contributed by atoms with E-state index in [4.69, 9.17) is 25.8 Å². The fraction of sp³-hybridized carbons (Fsp3) is 0.190. The van der Waals surface area contributed by atoms with E-state index in [9.17, 15) is 34.6 Å². The van der Waals surface area contributed by atoms with Gasteiger partial charge in [0.05, 0.1) is 0 Å². The van der Waals surface area contributed by atoms with Crippen molar-refractivity contribution in [2.75, 3.05) is 6.29 Å². The van der Waals surface area contributed by atoms with Gasteiger partial charge in [-0.05, 0) is 0 Å². The van der Waals surface area contributed by atoms with Gasteiger partial charge in [0.2, 0.25) is 0 Å². The summed E-state index contributed by atoms with van der Waals surface area (Å²) in [5.74, 6) is -1.68. The molecule has 298 valence electrons. The molecule has 1 fully saturated rings. The van der Waals surface area contributed by atoms with Crippen LogP contribution in [-0.4, -0.2) is 56.2 Å². The normalized spacial score (nSPS) is 16.1. The van der Waals surface area contributed by atoms with Crippen molar-refractivity contribution in [3.8, 4) is 0 Å². The number of likely N-dealkylation sites (tertiary alicyclic amines) is 1. The maximum atomic E-state index is 15.7. The van der Waals surface area contributed by atoms with Gasteiger partial charge >= 0.3 is 322 Å². The fourth-order valence-electron chi connectivity index (χ4n) is 7.66. The summed E-state index contributed by atoms with van der Waals surface area (Å²) in [5.41, 5.74) is -0.979. The number of nitro benzene ring substituents is 2. The Balaban J connectivity index is 1.43. The topological polar surface area (TPSA) is 185 Å². The monoisotopic (exact) mass is 825 g/mol. The molecule has 0 spiro atoms. The predicted octanol–water partition coefficient (Wildman–Crippen LogP) is 7.35. The molecule has 0 bridgehead atoms. The first-order chi connectivity index (χ1) is 27.9. The van der Waals surface area contributed by atoms with E-state index in [-0.39, 0.29) is 35.2 Å². The summed E-state index contributed by atoms with van der Waals surface area (Å²) in [7, 11) is 0. The molecule has 1 amide bonds. The number of ether oxygens (including phenoxy) is 3. The quantitative estimate of drug-likeness (QED) is 0.0242. The summed E-state index contributed by atoms with van der Waals surface area (Å²) in [5, 5.41) is 24.1. The van der Waals surface area contributed by atoms with E-state index < -0.39 is 70.7 Å². The number of para-hydroxylation sites is 2. The molecule has 16 heteroatoms. The molecule has 0 saturated carbocycles. The van der Waals surface area contributed by atoms with Crippen LogP contribution >= 0.6 is 18.2 Å². The molecular weight excluding hydrogens is 789 g/mol. The number of hydrogen-bond acceptors (Lipinski definition) is 11. The molecule has 1 saturated heterocycles. The summed E-state index contributed by atoms with van der Waals surface area (Å²) >= 11 is 6.01. The van der Waals surface area contributed by atoms with Crippen LogP contribution in [0.1, 0.15) is 24.5 Å². The number of β-lactam (4-membered cyclic amide) rings is 1. The van der Waals surface area contributed by atoms with Gasteiger partial charge < -0.3 is 0 Å². The van der Waals surface area contributed by atoms with Crippen molar-refractivity contribution in [2.24, 2.45) is 5.92 Å². The summed E-state index contributed by atoms with van der Waals surface area (Å²) in [6.07, 6.45) is -3.08. The Morgan fingerprint density at radius 3 is 1.53 bits per heavy atom. The molecule has 5 aromatic carbocycles. The molecular formula is C42H37ClN3O11P. The number of rotatable bonds is 16. The van der Waals surface area contributed by atoms with Crippen LogP contribution in [0, 0.1) is 26.1 Å². The average Bonchev–Trinajstić information content (AvgIpc) is 3.23. The number of nitro groups is 2. The number of benzene rings is 5. The van der Waals surface area contributed by atoms with Crippen molar-refractivity contribution in [3.63, 3.8) is 0 Å². The first kappa shape index (κ1) is 41.1. The molecule has 0 aromatic heterocycles. The van der Waals surface area contributed by atoms with Gasteiger partial charge in [0.1, 0.15) is 0 Å². The zero-order valence-electron chi connectivity index (χ0n) is 31.0. The van der Waals surface area contributed by atoms with Crippen molar-refractivity contribution in [1.29, 1.82) is 0 Å². The second-order valence-corrected chi connectivity index (χ2v) is 18.8. The van der Waals surface area contributed by atoms with Crippen LogP contribution in [-0.2, 0) is 37.0 Å². The molecule has 58 heavy (non-hydrogen) atoms. The van der Waals surface area contributed by atoms with Gasteiger partial charge in [-0.2, -0.15) is 0 Å². The van der Waals surface area contributed by atoms with Crippen LogP contribution in [0.2, 0.25) is 0 Å². The van der Waals surface area contributed by atoms with Gasteiger partial charge in [0, 0.05) is 0 Å². The second-order valence-electron chi connectivity index (χ2n) is 13.6. The maximum absolute atomic E-state index is 15.7. The first-order valence-electron chi connectivity index (χ1n) is 18.0. The number of nitrogens with zero attached hydrogens (tertiary/aromatic N) is 3. The predicted molar refractivity (Wildman–Crippen MR) is 217 cm³/mol. The Bertz CT molecular complexity index is 2250. The third-order valence-corrected chi connectivity index (χ3v) is 16.7. The van der Waals surface area contributed by atoms with Gasteiger partial charge in [-0.1, -0.05) is 6.07 Å². The van der Waals surface area contributed by atoms with Crippen molar-refractivity contribution in [1.82, 2.24) is 4.90 Å². The van der Waals surface area contributed by atoms with Crippen LogP contribution in [0.15, 0.2) is 140 Å². The molecule has 5 aromatic rings. The molecule has 0 N–H and O–H groups in total. The number of halogens is 1. The van der Waals surface area contributed by atoms with E-state index in [0.717, 1.165) is 0 Å². The number of amides is 1. The third kappa shape index (κ3) is 7.63. The zero-order valence-corrected chi connectivity index (χ0v) is 32.6. The molecule has 14 nitrogen and oxygen atoms in total. The molecule has 0 aliphatic carbocycles. The van der Waals surface area contributed by atoms with Crippen LogP contribution in [0.4, 0.5) is 21.0 Å². The van der Waals surface area contributed by atoms with Crippen molar-refractivity contribution >= 4 is 68.5 Å². The number of carbonyl (C=O) groups is 4. The first-order valence-corrected chi connectivity index (χ1v) is 20.8. The van der Waals surface area contributed by atoms with E-state index in [1.807, 2.05) is 0 Å². The van der Waals surface area contributed by atoms with Gasteiger partial charge in [-0.25, -0.2) is 0 Å². The minimum absolute atomic E-state index is 0.122. The van der Waals surface area contributed by atoms with Crippen LogP contribution in [0.25, 0.3) is 0 Å². The minimum atomic E-state index is -4.82. The van der Waals surface area contributed by atoms with Gasteiger partial charge in [0.25, 0.3) is 0 Å². The molecule has 1 aliphatic heterocycles. The number of carbonyl (C=O) groups excluding carboxylic acids is 4. The van der Waals surface area contributed by atoms with Gasteiger partial charge in [-0.3, -0.25) is 10.1 Å². The van der Waals surface area contributed by atoms with Gasteiger partial charge in [-0.15, -0.1) is 0 Å². The Hall–Kier alpha value is -6.50. The summed E-state index contributed by atoms with van der Waals surface area (Å²) in [6, 6.07) is 37.1. The molecule has 0 radical (unpaired) electrons. The summed E-state index contributed by atoms with van der Waals surface area (Å²) in [6.45, 7) is -4.32. The van der Waals surface area contributed by atoms with Gasteiger partial charge in [0.15, 0.2) is 0 Å². The SMILES string of the molecule is CC(OC(=O)OCc1ccccc1[N+](=O)[O-])C1C(=O)N(CP(C(=O)OCc2ccccc2[N+](=O)[O-])(c2ccccc2)(c2ccccc2)c2ccccc2)C1CC(=O)Cl.